The number of phenols is 1. The topological polar surface area (TPSA) is 297 Å². The zero-order chi connectivity index (χ0) is 44.6. The van der Waals surface area contributed by atoms with E-state index in [4.69, 9.17) is 17.3 Å². The highest BCUT2D eigenvalue weighted by atomic mass is 35.5. The number of fused-ring (bicyclic) bond motifs is 8. The van der Waals surface area contributed by atoms with Gasteiger partial charge < -0.3 is 51.7 Å². The molecule has 4 fully saturated rings. The molecule has 16 nitrogen and oxygen atoms in total. The molecule has 8 rings (SSSR count). The number of aliphatic hydroxyl groups excluding tert-OH is 6. The van der Waals surface area contributed by atoms with Crippen molar-refractivity contribution in [1.82, 2.24) is 4.90 Å². The largest absolute Gasteiger partial charge is 0.508 e. The summed E-state index contributed by atoms with van der Waals surface area (Å²) in [4.78, 5) is 64.0. The number of benzene rings is 1. The third-order valence-corrected chi connectivity index (χ3v) is 15.4. The molecule has 18 heteroatoms. The Hall–Kier alpha value is -4.33. The number of hydrogen-bond donors (Lipinski definition) is 10. The molecule has 7 aliphatic carbocycles. The summed E-state index contributed by atoms with van der Waals surface area (Å²) < 4.78 is 16.8. The van der Waals surface area contributed by atoms with Crippen LogP contribution in [0.3, 0.4) is 0 Å². The standard InChI is InChI=1S/C21H21ClN2O8.C21H27FO6/c1-24(2)14-7-5-6-10(16(27)12-9(25)4-3-8(22)11(12)15(6)26)18(29)21(7,32)19(30)13(17(14)28)20(23)31;1-18-6-5-12(24)7-11(18)3-4-13-14-8-15(25)21(28,17(27)10-23)19(14,2)9-16(26)20(13,18)22/h3-4,6-7,14-15,25-27,30,32H,5H2,1-2H3,(H2,23,31);5-7,13-16,23,25-26,28H,3-4,8-10H2,1-2H3/t6-,7-,14-,15-,21-;13-,14-,15+,16-,18-,19-,20-,21-/m00/s1. The first-order valence-electron chi connectivity index (χ1n) is 19.5. The molecule has 0 aliphatic heterocycles. The maximum atomic E-state index is 16.8. The van der Waals surface area contributed by atoms with E-state index in [-0.39, 0.29) is 41.2 Å². The van der Waals surface area contributed by atoms with Crippen LogP contribution in [0.1, 0.15) is 63.2 Å². The number of primary amides is 1. The minimum absolute atomic E-state index is 0.00251. The van der Waals surface area contributed by atoms with E-state index in [1.165, 1.54) is 49.4 Å². The van der Waals surface area contributed by atoms with Gasteiger partial charge in [0.05, 0.1) is 29.9 Å². The number of nitrogens with zero attached hydrogens (tertiary/aromatic N) is 1. The second-order valence-electron chi connectivity index (χ2n) is 17.8. The summed E-state index contributed by atoms with van der Waals surface area (Å²) in [5, 5.41) is 96.5. The molecule has 0 unspecified atom stereocenters. The fourth-order valence-electron chi connectivity index (χ4n) is 12.1. The smallest absolute Gasteiger partial charge is 0.255 e. The number of hydrogen-bond acceptors (Lipinski definition) is 15. The molecule has 13 atom stereocenters. The summed E-state index contributed by atoms with van der Waals surface area (Å²) in [5.74, 6) is -10.6. The Morgan fingerprint density at radius 3 is 2.23 bits per heavy atom. The normalized spacial score (nSPS) is 41.6. The highest BCUT2D eigenvalue weighted by Gasteiger charge is 2.76. The minimum atomic E-state index is -2.77. The molecular formula is C42H48ClFN2O14. The van der Waals surface area contributed by atoms with Gasteiger partial charge in [0.15, 0.2) is 34.2 Å². The van der Waals surface area contributed by atoms with Crippen molar-refractivity contribution in [3.63, 3.8) is 0 Å². The first kappa shape index (κ1) is 43.7. The van der Waals surface area contributed by atoms with Crippen LogP contribution in [0, 0.1) is 34.5 Å². The number of nitrogens with two attached hydrogens (primary N) is 1. The van der Waals surface area contributed by atoms with Crippen molar-refractivity contribution in [2.45, 2.75) is 87.2 Å². The fraction of sp³-hybridized carbons (Fsp3) is 0.548. The molecule has 1 aromatic rings. The Kier molecular flexibility index (Phi) is 10.3. The van der Waals surface area contributed by atoms with Gasteiger partial charge in [0, 0.05) is 44.7 Å². The summed E-state index contributed by atoms with van der Waals surface area (Å²) in [6.07, 6.45) is 0.226. The molecule has 4 saturated carbocycles. The number of phenolic OH excluding ortho intramolecular Hbond substituents is 1. The van der Waals surface area contributed by atoms with Crippen molar-refractivity contribution in [3.05, 3.63) is 69.0 Å². The van der Waals surface area contributed by atoms with Crippen LogP contribution in [0.2, 0.25) is 5.02 Å². The van der Waals surface area contributed by atoms with Gasteiger partial charge in [-0.3, -0.25) is 28.9 Å². The predicted octanol–water partition coefficient (Wildman–Crippen LogP) is 0.729. The molecule has 0 bridgehead atoms. The van der Waals surface area contributed by atoms with Crippen LogP contribution in [0.5, 0.6) is 5.75 Å². The van der Waals surface area contributed by atoms with Crippen LogP contribution < -0.4 is 5.73 Å². The summed E-state index contributed by atoms with van der Waals surface area (Å²) in [6.45, 7) is 2.33. The van der Waals surface area contributed by atoms with Crippen molar-refractivity contribution in [1.29, 1.82) is 0 Å². The zero-order valence-corrected chi connectivity index (χ0v) is 33.9. The number of allylic oxidation sites excluding steroid dienone is 4. The monoisotopic (exact) mass is 858 g/mol. The SMILES string of the molecule is CN(C)[C@@H]1C(=O)C(C(N)=O)=C(O)[C@@]2(O)C(=O)C3=C(O)c4c(O)ccc(Cl)c4[C@@H](O)[C@H]3C[C@@H]12.C[C@]12C=CC(=O)C=C1CC[C@H]1[C@@H]3C[C@@H](O)[C@](O)(C(=O)CO)[C@@]3(C)C[C@H](O)[C@@]12F. The van der Waals surface area contributed by atoms with E-state index >= 15 is 4.39 Å². The Morgan fingerprint density at radius 1 is 0.983 bits per heavy atom. The van der Waals surface area contributed by atoms with E-state index in [1.54, 1.807) is 13.8 Å². The highest BCUT2D eigenvalue weighted by molar-refractivity contribution is 6.32. The van der Waals surface area contributed by atoms with E-state index in [9.17, 15) is 69.9 Å². The maximum absolute atomic E-state index is 16.8. The Bertz CT molecular complexity index is 2270. The first-order chi connectivity index (χ1) is 27.8. The van der Waals surface area contributed by atoms with Gasteiger partial charge in [-0.15, -0.1) is 0 Å². The average molecular weight is 859 g/mol. The van der Waals surface area contributed by atoms with Gasteiger partial charge in [0.25, 0.3) is 5.91 Å². The van der Waals surface area contributed by atoms with Gasteiger partial charge in [-0.1, -0.05) is 30.2 Å². The average Bonchev–Trinajstić information content (AvgIpc) is 3.37. The first-order valence-corrected chi connectivity index (χ1v) is 19.9. The van der Waals surface area contributed by atoms with Crippen LogP contribution in [0.25, 0.3) is 5.76 Å². The quantitative estimate of drug-likeness (QED) is 0.187. The summed E-state index contributed by atoms with van der Waals surface area (Å²) in [5.41, 5.74) is -5.27. The molecular weight excluding hydrogens is 811 g/mol. The lowest BCUT2D eigenvalue weighted by molar-refractivity contribution is -0.222. The Morgan fingerprint density at radius 2 is 1.63 bits per heavy atom. The van der Waals surface area contributed by atoms with Crippen molar-refractivity contribution in [3.8, 4) is 5.75 Å². The van der Waals surface area contributed by atoms with Gasteiger partial charge in [-0.2, -0.15) is 0 Å². The van der Waals surface area contributed by atoms with Gasteiger partial charge in [-0.05, 0) is 83.3 Å². The van der Waals surface area contributed by atoms with Gasteiger partial charge >= 0.3 is 0 Å². The molecule has 7 aliphatic rings. The molecule has 1 aromatic carbocycles. The van der Waals surface area contributed by atoms with Gasteiger partial charge in [0.2, 0.25) is 5.78 Å². The fourth-order valence-corrected chi connectivity index (χ4v) is 12.4. The number of carbonyl (C=O) groups is 5. The number of rotatable bonds is 4. The molecule has 0 saturated heterocycles. The van der Waals surface area contributed by atoms with E-state index in [0.717, 1.165) is 0 Å². The second-order valence-corrected chi connectivity index (χ2v) is 18.2. The predicted molar refractivity (Wildman–Crippen MR) is 207 cm³/mol. The summed E-state index contributed by atoms with van der Waals surface area (Å²) in [7, 11) is 2.97. The number of amides is 1. The van der Waals surface area contributed by atoms with Crippen LogP contribution in [0.15, 0.2) is 52.8 Å². The number of carbonyl (C=O) groups excluding carboxylic acids is 5. The van der Waals surface area contributed by atoms with E-state index in [1.807, 2.05) is 0 Å². The van der Waals surface area contributed by atoms with Crippen LogP contribution in [-0.2, 0) is 24.0 Å². The zero-order valence-electron chi connectivity index (χ0n) is 33.1. The Balaban J connectivity index is 0.000000183. The molecule has 0 radical (unpaired) electrons. The molecule has 11 N–H and O–H groups in total. The number of ketones is 4. The van der Waals surface area contributed by atoms with Crippen molar-refractivity contribution >= 4 is 46.4 Å². The number of alkyl halides is 1. The highest BCUT2D eigenvalue weighted by Crippen LogP contribution is 2.70. The summed E-state index contributed by atoms with van der Waals surface area (Å²) >= 11 is 6.19. The van der Waals surface area contributed by atoms with E-state index in [0.29, 0.717) is 18.4 Å². The number of Topliss-reactive ketones (excluding diaryl/α,β-unsaturated/α-hetero) is 3. The van der Waals surface area contributed by atoms with Gasteiger partial charge in [0.1, 0.15) is 29.4 Å². The molecule has 60 heavy (non-hydrogen) atoms. The maximum Gasteiger partial charge on any atom is 0.255 e. The number of aromatic hydroxyl groups is 1. The van der Waals surface area contributed by atoms with E-state index in [2.05, 4.69) is 0 Å². The number of likely N-dealkylation sites (N-methyl/N-ethyl adjacent to an activating group) is 1. The van der Waals surface area contributed by atoms with Crippen LogP contribution in [-0.4, -0.2) is 136 Å². The summed E-state index contributed by atoms with van der Waals surface area (Å²) in [6, 6.07) is 1.25. The van der Waals surface area contributed by atoms with Crippen molar-refractivity contribution in [2.75, 3.05) is 20.7 Å². The lowest BCUT2D eigenvalue weighted by atomic mass is 9.44. The molecule has 1 amide bonds. The minimum Gasteiger partial charge on any atom is -0.508 e. The molecule has 0 heterocycles. The third kappa shape index (κ3) is 5.36. The van der Waals surface area contributed by atoms with Crippen molar-refractivity contribution < 1.29 is 74.3 Å². The van der Waals surface area contributed by atoms with Crippen molar-refractivity contribution in [2.24, 2.45) is 40.2 Å². The molecule has 0 aromatic heterocycles. The second kappa shape index (κ2) is 14.1. The molecule has 0 spiro atoms. The molecule has 324 valence electrons. The van der Waals surface area contributed by atoms with Crippen LogP contribution >= 0.6 is 11.6 Å². The lowest BCUT2D eigenvalue weighted by Crippen LogP contribution is -2.69. The van der Waals surface area contributed by atoms with Gasteiger partial charge in [-0.25, -0.2) is 4.39 Å². The van der Waals surface area contributed by atoms with Crippen LogP contribution in [0.4, 0.5) is 4.39 Å². The number of aliphatic hydroxyl groups is 8. The van der Waals surface area contributed by atoms with E-state index < -0.39 is 134 Å². The Labute approximate surface area is 347 Å². The third-order valence-electron chi connectivity index (χ3n) is 15.1. The number of halogens is 2. The lowest BCUT2D eigenvalue weighted by Gasteiger charge is -2.62.